The summed E-state index contributed by atoms with van der Waals surface area (Å²) in [5.41, 5.74) is 1.43. The monoisotopic (exact) mass is 202 g/mol. The van der Waals surface area contributed by atoms with E-state index in [-0.39, 0.29) is 0 Å². The van der Waals surface area contributed by atoms with E-state index in [4.69, 9.17) is 0 Å². The van der Waals surface area contributed by atoms with Crippen LogP contribution in [-0.2, 0) is 13.6 Å². The first-order valence-corrected chi connectivity index (χ1v) is 5.87. The molecule has 3 heterocycles. The fraction of sp³-hybridized carbons (Fsp3) is 0.538. The lowest BCUT2D eigenvalue weighted by Crippen LogP contribution is -2.37. The third kappa shape index (κ3) is 1.53. The number of aromatic nitrogens is 1. The fourth-order valence-electron chi connectivity index (χ4n) is 2.91. The van der Waals surface area contributed by atoms with E-state index in [0.717, 1.165) is 12.6 Å². The highest BCUT2D eigenvalue weighted by Crippen LogP contribution is 2.32. The van der Waals surface area contributed by atoms with Gasteiger partial charge in [-0.15, -0.1) is 0 Å². The molecule has 0 aliphatic carbocycles. The Kier molecular flexibility index (Phi) is 2.17. The highest BCUT2D eigenvalue weighted by atomic mass is 15.2. The highest BCUT2D eigenvalue weighted by Gasteiger charge is 2.33. The summed E-state index contributed by atoms with van der Waals surface area (Å²) in [5.74, 6) is 0. The minimum atomic E-state index is 0.707. The van der Waals surface area contributed by atoms with Crippen LogP contribution in [0.25, 0.3) is 0 Å². The van der Waals surface area contributed by atoms with Gasteiger partial charge in [-0.25, -0.2) is 0 Å². The number of hydrogen-bond donors (Lipinski definition) is 0. The molecule has 1 saturated heterocycles. The lowest BCUT2D eigenvalue weighted by Gasteiger charge is -2.31. The standard InChI is InChI=1S/C13H18N2/c1-14-9-3-6-13(14)10-15-11-4-2-5-12(15)8-7-11/h2-4,6,9,11-12H,5,7-8,10H2,1H3. The zero-order chi connectivity index (χ0) is 10.3. The van der Waals surface area contributed by atoms with Crippen LogP contribution in [0, 0.1) is 0 Å². The van der Waals surface area contributed by atoms with Crippen molar-refractivity contribution in [1.82, 2.24) is 9.47 Å². The van der Waals surface area contributed by atoms with Crippen molar-refractivity contribution in [1.29, 1.82) is 0 Å². The van der Waals surface area contributed by atoms with Crippen molar-refractivity contribution >= 4 is 0 Å². The van der Waals surface area contributed by atoms with Gasteiger partial charge in [0.25, 0.3) is 0 Å². The Morgan fingerprint density at radius 1 is 1.40 bits per heavy atom. The molecule has 2 unspecified atom stereocenters. The van der Waals surface area contributed by atoms with Gasteiger partial charge in [0.05, 0.1) is 0 Å². The summed E-state index contributed by atoms with van der Waals surface area (Å²) < 4.78 is 2.23. The average Bonchev–Trinajstić information content (AvgIpc) is 2.71. The molecule has 0 spiro atoms. The maximum Gasteiger partial charge on any atom is 0.0396 e. The predicted octanol–water partition coefficient (Wildman–Crippen LogP) is 2.32. The van der Waals surface area contributed by atoms with Crippen molar-refractivity contribution in [2.24, 2.45) is 7.05 Å². The first kappa shape index (κ1) is 9.22. The Morgan fingerprint density at radius 3 is 3.07 bits per heavy atom. The Morgan fingerprint density at radius 2 is 2.33 bits per heavy atom. The first-order valence-electron chi connectivity index (χ1n) is 5.87. The normalized spacial score (nSPS) is 29.9. The van der Waals surface area contributed by atoms with Crippen LogP contribution < -0.4 is 0 Å². The molecule has 1 fully saturated rings. The Hall–Kier alpha value is -1.02. The highest BCUT2D eigenvalue weighted by molar-refractivity contribution is 5.12. The van der Waals surface area contributed by atoms with Crippen molar-refractivity contribution in [2.45, 2.75) is 37.9 Å². The molecule has 15 heavy (non-hydrogen) atoms. The third-order valence-electron chi connectivity index (χ3n) is 3.85. The molecule has 2 atom stereocenters. The molecule has 2 aliphatic heterocycles. The van der Waals surface area contributed by atoms with Gasteiger partial charge in [0.15, 0.2) is 0 Å². The van der Waals surface area contributed by atoms with Crippen LogP contribution in [0.1, 0.15) is 25.0 Å². The van der Waals surface area contributed by atoms with Crippen LogP contribution in [0.3, 0.4) is 0 Å². The number of fused-ring (bicyclic) bond motifs is 2. The molecule has 2 aliphatic rings. The summed E-state index contributed by atoms with van der Waals surface area (Å²) in [4.78, 5) is 2.66. The molecule has 2 bridgehead atoms. The van der Waals surface area contributed by atoms with Gasteiger partial charge >= 0.3 is 0 Å². The van der Waals surface area contributed by atoms with Crippen molar-refractivity contribution in [2.75, 3.05) is 0 Å². The third-order valence-corrected chi connectivity index (χ3v) is 3.85. The summed E-state index contributed by atoms with van der Waals surface area (Å²) in [7, 11) is 2.14. The molecule has 0 N–H and O–H groups in total. The van der Waals surface area contributed by atoms with Gasteiger partial charge in [-0.1, -0.05) is 12.2 Å². The zero-order valence-corrected chi connectivity index (χ0v) is 9.26. The zero-order valence-electron chi connectivity index (χ0n) is 9.26. The number of rotatable bonds is 2. The van der Waals surface area contributed by atoms with Crippen LogP contribution in [0.2, 0.25) is 0 Å². The molecule has 0 aromatic carbocycles. The minimum absolute atomic E-state index is 0.707. The molecule has 3 rings (SSSR count). The molecule has 0 radical (unpaired) electrons. The molecule has 2 nitrogen and oxygen atoms in total. The summed E-state index contributed by atoms with van der Waals surface area (Å²) >= 11 is 0. The smallest absolute Gasteiger partial charge is 0.0396 e. The second-order valence-electron chi connectivity index (χ2n) is 4.75. The average molecular weight is 202 g/mol. The molecule has 0 saturated carbocycles. The van der Waals surface area contributed by atoms with E-state index in [1.807, 2.05) is 0 Å². The molecule has 80 valence electrons. The lowest BCUT2D eigenvalue weighted by molar-refractivity contribution is 0.196. The van der Waals surface area contributed by atoms with Crippen molar-refractivity contribution < 1.29 is 0 Å². The summed E-state index contributed by atoms with van der Waals surface area (Å²) in [6.45, 7) is 1.11. The van der Waals surface area contributed by atoms with E-state index in [1.165, 1.54) is 25.0 Å². The lowest BCUT2D eigenvalue weighted by atomic mass is 10.1. The quantitative estimate of drug-likeness (QED) is 0.668. The Balaban J connectivity index is 1.79. The van der Waals surface area contributed by atoms with Crippen LogP contribution in [-0.4, -0.2) is 21.6 Å². The number of hydrogen-bond acceptors (Lipinski definition) is 1. The molecule has 2 heteroatoms. The first-order chi connectivity index (χ1) is 7.34. The minimum Gasteiger partial charge on any atom is -0.353 e. The van der Waals surface area contributed by atoms with Gasteiger partial charge in [0, 0.05) is 37.6 Å². The molecule has 0 amide bonds. The van der Waals surface area contributed by atoms with Gasteiger partial charge in [0.1, 0.15) is 0 Å². The second kappa shape index (κ2) is 3.53. The molecule has 1 aromatic heterocycles. The summed E-state index contributed by atoms with van der Waals surface area (Å²) in [5, 5.41) is 0. The van der Waals surface area contributed by atoms with Gasteiger partial charge in [-0.2, -0.15) is 0 Å². The van der Waals surface area contributed by atoms with Gasteiger partial charge in [0.2, 0.25) is 0 Å². The van der Waals surface area contributed by atoms with E-state index in [1.54, 1.807) is 0 Å². The summed E-state index contributed by atoms with van der Waals surface area (Å²) in [6, 6.07) is 5.88. The largest absolute Gasteiger partial charge is 0.353 e. The van der Waals surface area contributed by atoms with Gasteiger partial charge in [-0.3, -0.25) is 4.90 Å². The molecule has 1 aromatic rings. The van der Waals surface area contributed by atoms with E-state index in [0.29, 0.717) is 6.04 Å². The number of nitrogens with zero attached hydrogens (tertiary/aromatic N) is 2. The van der Waals surface area contributed by atoms with E-state index in [2.05, 4.69) is 47.0 Å². The van der Waals surface area contributed by atoms with E-state index in [9.17, 15) is 0 Å². The van der Waals surface area contributed by atoms with Crippen LogP contribution in [0.4, 0.5) is 0 Å². The maximum atomic E-state index is 2.66. The Labute approximate surface area is 91.2 Å². The maximum absolute atomic E-state index is 2.66. The van der Waals surface area contributed by atoms with Crippen LogP contribution in [0.5, 0.6) is 0 Å². The van der Waals surface area contributed by atoms with Crippen molar-refractivity contribution in [3.05, 3.63) is 36.2 Å². The van der Waals surface area contributed by atoms with Gasteiger partial charge in [-0.05, 0) is 31.4 Å². The van der Waals surface area contributed by atoms with Crippen LogP contribution in [0.15, 0.2) is 30.5 Å². The SMILES string of the molecule is Cn1cccc1CN1C2C=CCC1CC2. The van der Waals surface area contributed by atoms with Crippen LogP contribution >= 0.6 is 0 Å². The topological polar surface area (TPSA) is 8.17 Å². The molecular weight excluding hydrogens is 184 g/mol. The predicted molar refractivity (Wildman–Crippen MR) is 61.5 cm³/mol. The van der Waals surface area contributed by atoms with Gasteiger partial charge < -0.3 is 4.57 Å². The fourth-order valence-corrected chi connectivity index (χ4v) is 2.91. The van der Waals surface area contributed by atoms with E-state index < -0.39 is 0 Å². The Bertz CT molecular complexity index is 378. The molecular formula is C13H18N2. The van der Waals surface area contributed by atoms with Crippen molar-refractivity contribution in [3.63, 3.8) is 0 Å². The summed E-state index contributed by atoms with van der Waals surface area (Å²) in [6.07, 6.45) is 10.9. The second-order valence-corrected chi connectivity index (χ2v) is 4.75. The number of aryl methyl sites for hydroxylation is 1. The van der Waals surface area contributed by atoms with Crippen molar-refractivity contribution in [3.8, 4) is 0 Å². The van der Waals surface area contributed by atoms with E-state index >= 15 is 0 Å².